The Kier molecular flexibility index (Phi) is 4.95. The first-order chi connectivity index (χ1) is 13.6. The second-order valence-corrected chi connectivity index (χ2v) is 7.19. The van der Waals surface area contributed by atoms with E-state index in [1.54, 1.807) is 7.05 Å². The lowest BCUT2D eigenvalue weighted by molar-refractivity contribution is 0.0952. The third kappa shape index (κ3) is 3.43. The summed E-state index contributed by atoms with van der Waals surface area (Å²) in [4.78, 5) is 23.1. The first-order valence-corrected chi connectivity index (χ1v) is 9.54. The number of nitrogens with zero attached hydrogens (tertiary/aromatic N) is 4. The van der Waals surface area contributed by atoms with Gasteiger partial charge in [0.25, 0.3) is 5.91 Å². The molecule has 0 unspecified atom stereocenters. The lowest BCUT2D eigenvalue weighted by Crippen LogP contribution is -2.33. The van der Waals surface area contributed by atoms with Gasteiger partial charge in [-0.15, -0.1) is 0 Å². The van der Waals surface area contributed by atoms with Crippen molar-refractivity contribution in [3.05, 3.63) is 47.0 Å². The highest BCUT2D eigenvalue weighted by molar-refractivity contribution is 5.90. The van der Waals surface area contributed by atoms with E-state index in [1.165, 1.54) is 0 Å². The molecule has 0 spiro atoms. The Labute approximate surface area is 163 Å². The van der Waals surface area contributed by atoms with Crippen molar-refractivity contribution in [2.24, 2.45) is 0 Å². The number of carbonyl (C=O) groups excluding carboxylic acids is 1. The SMILES string of the molecule is CNC(=O)c1nc(C)c(C)c(N2CC[C@@H](NCc3[nH]nc4ccccc34)C2)n1. The maximum Gasteiger partial charge on any atom is 0.288 e. The number of hydrogen-bond donors (Lipinski definition) is 3. The molecule has 0 saturated carbocycles. The number of para-hydroxylation sites is 1. The van der Waals surface area contributed by atoms with Gasteiger partial charge >= 0.3 is 0 Å². The molecule has 2 aromatic heterocycles. The van der Waals surface area contributed by atoms with Crippen molar-refractivity contribution in [1.29, 1.82) is 0 Å². The minimum atomic E-state index is -0.260. The third-order valence-corrected chi connectivity index (χ3v) is 5.39. The average Bonchev–Trinajstić information content (AvgIpc) is 3.34. The van der Waals surface area contributed by atoms with Gasteiger partial charge in [0.15, 0.2) is 0 Å². The maximum absolute atomic E-state index is 12.0. The van der Waals surface area contributed by atoms with Crippen LogP contribution in [0, 0.1) is 13.8 Å². The fourth-order valence-corrected chi connectivity index (χ4v) is 3.65. The number of anilines is 1. The van der Waals surface area contributed by atoms with Gasteiger partial charge in [-0.25, -0.2) is 9.97 Å². The first-order valence-electron chi connectivity index (χ1n) is 9.54. The van der Waals surface area contributed by atoms with E-state index in [0.717, 1.165) is 59.7 Å². The summed E-state index contributed by atoms with van der Waals surface area (Å²) in [5, 5.41) is 14.9. The van der Waals surface area contributed by atoms with Crippen molar-refractivity contribution in [2.45, 2.75) is 32.9 Å². The van der Waals surface area contributed by atoms with Crippen LogP contribution >= 0.6 is 0 Å². The Balaban J connectivity index is 1.45. The van der Waals surface area contributed by atoms with E-state index >= 15 is 0 Å². The van der Waals surface area contributed by atoms with Crippen LogP contribution in [0.4, 0.5) is 5.82 Å². The van der Waals surface area contributed by atoms with Crippen molar-refractivity contribution in [3.8, 4) is 0 Å². The van der Waals surface area contributed by atoms with Crippen LogP contribution in [0.5, 0.6) is 0 Å². The number of rotatable bonds is 5. The van der Waals surface area contributed by atoms with Crippen molar-refractivity contribution >= 4 is 22.6 Å². The summed E-state index contributed by atoms with van der Waals surface area (Å²) in [5.74, 6) is 0.813. The minimum absolute atomic E-state index is 0.223. The summed E-state index contributed by atoms with van der Waals surface area (Å²) in [6.07, 6.45) is 1.02. The molecule has 0 bridgehead atoms. The van der Waals surface area contributed by atoms with Gasteiger partial charge < -0.3 is 15.5 Å². The molecule has 146 valence electrons. The fraction of sp³-hybridized carbons (Fsp3) is 0.400. The molecule has 1 aliphatic rings. The molecule has 28 heavy (non-hydrogen) atoms. The van der Waals surface area contributed by atoms with Crippen LogP contribution in [-0.4, -0.2) is 52.3 Å². The summed E-state index contributed by atoms with van der Waals surface area (Å²) in [5.41, 5.74) is 3.95. The lowest BCUT2D eigenvalue weighted by Gasteiger charge is -2.21. The second kappa shape index (κ2) is 7.55. The second-order valence-electron chi connectivity index (χ2n) is 7.19. The highest BCUT2D eigenvalue weighted by Crippen LogP contribution is 2.24. The van der Waals surface area contributed by atoms with Crippen LogP contribution in [0.25, 0.3) is 10.9 Å². The maximum atomic E-state index is 12.0. The molecule has 1 amide bonds. The number of amides is 1. The summed E-state index contributed by atoms with van der Waals surface area (Å²) >= 11 is 0. The number of nitrogens with one attached hydrogen (secondary N) is 3. The molecular formula is C20H25N7O. The molecule has 8 nitrogen and oxygen atoms in total. The molecule has 8 heteroatoms. The third-order valence-electron chi connectivity index (χ3n) is 5.39. The molecule has 1 saturated heterocycles. The fourth-order valence-electron chi connectivity index (χ4n) is 3.65. The predicted octanol–water partition coefficient (Wildman–Crippen LogP) is 1.70. The number of aryl methyl sites for hydroxylation is 1. The van der Waals surface area contributed by atoms with Gasteiger partial charge in [0.2, 0.25) is 5.82 Å². The predicted molar refractivity (Wildman–Crippen MR) is 108 cm³/mol. The van der Waals surface area contributed by atoms with Crippen molar-refractivity contribution in [2.75, 3.05) is 25.0 Å². The first kappa shape index (κ1) is 18.4. The molecule has 1 aromatic carbocycles. The van der Waals surface area contributed by atoms with E-state index in [0.29, 0.717) is 6.04 Å². The van der Waals surface area contributed by atoms with E-state index in [-0.39, 0.29) is 11.7 Å². The average molecular weight is 379 g/mol. The number of aromatic amines is 1. The van der Waals surface area contributed by atoms with Gasteiger partial charge in [-0.3, -0.25) is 9.89 Å². The summed E-state index contributed by atoms with van der Waals surface area (Å²) in [6, 6.07) is 8.47. The number of aromatic nitrogens is 4. The summed E-state index contributed by atoms with van der Waals surface area (Å²) < 4.78 is 0. The Morgan fingerprint density at radius 3 is 2.93 bits per heavy atom. The standard InChI is InChI=1S/C20H25N7O/c1-12-13(2)23-18(20(28)21-3)24-19(12)27-9-8-14(11-27)22-10-17-15-6-4-5-7-16(15)25-26-17/h4-7,14,22H,8-11H2,1-3H3,(H,21,28)(H,25,26)/t14-/m1/s1. The highest BCUT2D eigenvalue weighted by atomic mass is 16.2. The number of hydrogen-bond acceptors (Lipinski definition) is 6. The zero-order valence-electron chi connectivity index (χ0n) is 16.4. The van der Waals surface area contributed by atoms with Crippen molar-refractivity contribution in [3.63, 3.8) is 0 Å². The molecular weight excluding hydrogens is 354 g/mol. The van der Waals surface area contributed by atoms with Crippen LogP contribution in [-0.2, 0) is 6.54 Å². The lowest BCUT2D eigenvalue weighted by atomic mass is 10.2. The van der Waals surface area contributed by atoms with Crippen LogP contribution in [0.15, 0.2) is 24.3 Å². The topological polar surface area (TPSA) is 98.8 Å². The quantitative estimate of drug-likeness (QED) is 0.624. The van der Waals surface area contributed by atoms with E-state index < -0.39 is 0 Å². The zero-order chi connectivity index (χ0) is 19.7. The normalized spacial score (nSPS) is 16.7. The van der Waals surface area contributed by atoms with Crippen molar-refractivity contribution < 1.29 is 4.79 Å². The molecule has 1 aliphatic heterocycles. The van der Waals surface area contributed by atoms with E-state index in [9.17, 15) is 4.79 Å². The van der Waals surface area contributed by atoms with E-state index in [1.807, 2.05) is 32.0 Å². The summed E-state index contributed by atoms with van der Waals surface area (Å²) in [6.45, 7) is 6.41. The molecule has 1 fully saturated rings. The highest BCUT2D eigenvalue weighted by Gasteiger charge is 2.26. The molecule has 3 N–H and O–H groups in total. The Hall–Kier alpha value is -3.00. The van der Waals surface area contributed by atoms with E-state index in [4.69, 9.17) is 0 Å². The summed E-state index contributed by atoms with van der Waals surface area (Å²) in [7, 11) is 1.59. The van der Waals surface area contributed by atoms with Crippen LogP contribution < -0.4 is 15.5 Å². The largest absolute Gasteiger partial charge is 0.355 e. The Bertz CT molecular complexity index is 1010. The zero-order valence-corrected chi connectivity index (χ0v) is 16.4. The van der Waals surface area contributed by atoms with Crippen LogP contribution in [0.2, 0.25) is 0 Å². The van der Waals surface area contributed by atoms with Gasteiger partial charge in [0.1, 0.15) is 5.82 Å². The number of carbonyl (C=O) groups is 1. The molecule has 0 radical (unpaired) electrons. The van der Waals surface area contributed by atoms with Crippen molar-refractivity contribution in [1.82, 2.24) is 30.8 Å². The van der Waals surface area contributed by atoms with Gasteiger partial charge in [0.05, 0.1) is 11.2 Å². The molecule has 0 aliphatic carbocycles. The van der Waals surface area contributed by atoms with Gasteiger partial charge in [0, 0.05) is 49.4 Å². The number of H-pyrrole nitrogens is 1. The van der Waals surface area contributed by atoms with Gasteiger partial charge in [-0.05, 0) is 26.3 Å². The number of benzene rings is 1. The Morgan fingerprint density at radius 1 is 1.29 bits per heavy atom. The monoisotopic (exact) mass is 379 g/mol. The Morgan fingerprint density at radius 2 is 2.11 bits per heavy atom. The smallest absolute Gasteiger partial charge is 0.288 e. The molecule has 4 rings (SSSR count). The minimum Gasteiger partial charge on any atom is -0.355 e. The van der Waals surface area contributed by atoms with Gasteiger partial charge in [-0.1, -0.05) is 18.2 Å². The molecule has 3 heterocycles. The number of fused-ring (bicyclic) bond motifs is 1. The van der Waals surface area contributed by atoms with Gasteiger partial charge in [-0.2, -0.15) is 5.10 Å². The molecule has 1 atom stereocenters. The molecule has 3 aromatic rings. The van der Waals surface area contributed by atoms with Crippen LogP contribution in [0.1, 0.15) is 34.0 Å². The van der Waals surface area contributed by atoms with E-state index in [2.05, 4.69) is 41.8 Å². The van der Waals surface area contributed by atoms with Crippen LogP contribution in [0.3, 0.4) is 0 Å².